The molecule has 4 aromatic heterocycles. The largest absolute Gasteiger partial charge is 0.504 e. The number of methoxy groups -OCH3 is 1. The van der Waals surface area contributed by atoms with Crippen molar-refractivity contribution < 1.29 is 27.1 Å². The van der Waals surface area contributed by atoms with Crippen LogP contribution in [0.2, 0.25) is 18.1 Å². The fourth-order valence-electron chi connectivity index (χ4n) is 4.48. The van der Waals surface area contributed by atoms with Crippen LogP contribution in [-0.2, 0) is 17.3 Å². The third-order valence-corrected chi connectivity index (χ3v) is 12.5. The zero-order valence-electron chi connectivity index (χ0n) is 25.7. The van der Waals surface area contributed by atoms with Gasteiger partial charge >= 0.3 is 6.30 Å². The van der Waals surface area contributed by atoms with Crippen LogP contribution in [0, 0.1) is 0 Å². The minimum atomic E-state index is -4.89. The molecule has 0 aliphatic rings. The first-order valence-corrected chi connectivity index (χ1v) is 17.0. The number of pyridine rings is 1. The maximum Gasteiger partial charge on any atom is 0.504 e. The van der Waals surface area contributed by atoms with E-state index in [1.54, 1.807) is 4.68 Å². The molecule has 11 nitrogen and oxygen atoms in total. The van der Waals surface area contributed by atoms with Gasteiger partial charge in [-0.15, -0.1) is 13.2 Å². The minimum absolute atomic E-state index is 0.0452. The molecule has 0 atom stereocenters. The summed E-state index contributed by atoms with van der Waals surface area (Å²) in [4.78, 5) is 25.7. The van der Waals surface area contributed by atoms with Crippen molar-refractivity contribution in [3.8, 4) is 39.7 Å². The minimum Gasteiger partial charge on any atom is -0.494 e. The van der Waals surface area contributed by atoms with Crippen molar-refractivity contribution in [2.24, 2.45) is 5.73 Å². The highest BCUT2D eigenvalue weighted by molar-refractivity contribution is 6.74. The quantitative estimate of drug-likeness (QED) is 0.194. The van der Waals surface area contributed by atoms with Gasteiger partial charge in [0, 0.05) is 29.6 Å². The maximum atomic E-state index is 13.6. The van der Waals surface area contributed by atoms with Gasteiger partial charge in [-0.2, -0.15) is 14.9 Å². The molecular formula is C30H33F3N8O3Si. The van der Waals surface area contributed by atoms with Gasteiger partial charge < -0.3 is 14.9 Å². The molecule has 0 spiro atoms. The summed E-state index contributed by atoms with van der Waals surface area (Å²) in [7, 11) is -0.673. The lowest BCUT2D eigenvalue weighted by Crippen LogP contribution is -2.41. The molecule has 0 unspecified atom stereocenters. The van der Waals surface area contributed by atoms with Crippen LogP contribution in [0.3, 0.4) is 0 Å². The number of hydrogen-bond acceptors (Lipinski definition) is 8. The van der Waals surface area contributed by atoms with Crippen LogP contribution in [-0.4, -0.2) is 62.5 Å². The van der Waals surface area contributed by atoms with Crippen LogP contribution in [0.4, 0.5) is 13.2 Å². The predicted molar refractivity (Wildman–Crippen MR) is 165 cm³/mol. The smallest absolute Gasteiger partial charge is 0.494 e. The van der Waals surface area contributed by atoms with Crippen molar-refractivity contribution in [1.29, 1.82) is 0 Å². The Kier molecular flexibility index (Phi) is 8.27. The molecule has 0 radical (unpaired) electrons. The Balaban J connectivity index is 1.66. The molecule has 0 saturated carbocycles. The predicted octanol–water partition coefficient (Wildman–Crippen LogP) is 6.02. The van der Waals surface area contributed by atoms with Gasteiger partial charge in [0.25, 0.3) is 5.91 Å². The highest BCUT2D eigenvalue weighted by Crippen LogP contribution is 2.39. The number of benzene rings is 1. The number of carbonyl (C=O) groups excluding carboxylic acids is 1. The van der Waals surface area contributed by atoms with Crippen molar-refractivity contribution in [1.82, 2.24) is 34.5 Å². The lowest BCUT2D eigenvalue weighted by molar-refractivity contribution is -0.212. The van der Waals surface area contributed by atoms with E-state index in [1.807, 2.05) is 36.5 Å². The van der Waals surface area contributed by atoms with Crippen LogP contribution in [0.25, 0.3) is 44.9 Å². The van der Waals surface area contributed by atoms with Gasteiger partial charge in [0.05, 0.1) is 31.3 Å². The molecule has 0 saturated heterocycles. The van der Waals surface area contributed by atoms with Gasteiger partial charge in [0.1, 0.15) is 40.4 Å². The van der Waals surface area contributed by atoms with Gasteiger partial charge in [-0.1, -0.05) is 51.1 Å². The molecule has 2 N–H and O–H groups in total. The first-order valence-electron chi connectivity index (χ1n) is 14.0. The molecule has 4 heterocycles. The molecule has 15 heteroatoms. The number of halogens is 3. The van der Waals surface area contributed by atoms with Crippen LogP contribution in [0.1, 0.15) is 31.1 Å². The second kappa shape index (κ2) is 11.7. The Bertz CT molecular complexity index is 1860. The first kappa shape index (κ1) is 31.8. The number of ether oxygens (including phenoxy) is 1. The third kappa shape index (κ3) is 6.31. The summed E-state index contributed by atoms with van der Waals surface area (Å²) in [6.07, 6.45) is -1.18. The molecule has 5 rings (SSSR count). The second-order valence-corrected chi connectivity index (χ2v) is 16.7. The Morgan fingerprint density at radius 3 is 2.31 bits per heavy atom. The van der Waals surface area contributed by atoms with E-state index in [0.29, 0.717) is 41.8 Å². The number of carbonyl (C=O) groups is 1. The molecule has 236 valence electrons. The van der Waals surface area contributed by atoms with E-state index in [9.17, 15) is 18.0 Å². The number of aromatic nitrogens is 7. The first-order chi connectivity index (χ1) is 21.1. The molecular weight excluding hydrogens is 605 g/mol. The molecule has 5 aromatic rings. The standard InChI is InChI=1S/C30H33F3N8O3Si/c1-29(2,3)45(5,6)44-13-12-40-15-19(23(38-40)18-10-8-7-9-11-18)24-26-21(35-17-36-24)14-22(43-4)27(37-26)25-20(28(34)42)16-41(39-25)30(31,32)33/h7-11,14-17H,12-13H2,1-6H3,(H2,34,42). The monoisotopic (exact) mass is 638 g/mol. The summed E-state index contributed by atoms with van der Waals surface area (Å²) in [5, 5.41) is 8.52. The Morgan fingerprint density at radius 2 is 1.69 bits per heavy atom. The number of fused-ring (bicyclic) bond motifs is 1. The fourth-order valence-corrected chi connectivity index (χ4v) is 5.51. The second-order valence-electron chi connectivity index (χ2n) is 11.9. The van der Waals surface area contributed by atoms with Crippen molar-refractivity contribution in [2.75, 3.05) is 13.7 Å². The van der Waals surface area contributed by atoms with Crippen molar-refractivity contribution in [3.63, 3.8) is 0 Å². The lowest BCUT2D eigenvalue weighted by atomic mass is 10.0. The summed E-state index contributed by atoms with van der Waals surface area (Å²) in [6, 6.07) is 11.0. The summed E-state index contributed by atoms with van der Waals surface area (Å²) in [5.74, 6) is -1.06. The summed E-state index contributed by atoms with van der Waals surface area (Å²) in [5.41, 5.74) is 7.44. The van der Waals surface area contributed by atoms with Crippen LogP contribution >= 0.6 is 0 Å². The van der Waals surface area contributed by atoms with Crippen molar-refractivity contribution in [3.05, 3.63) is 60.7 Å². The summed E-state index contributed by atoms with van der Waals surface area (Å²) >= 11 is 0. The molecule has 1 amide bonds. The van der Waals surface area contributed by atoms with E-state index in [-0.39, 0.29) is 26.7 Å². The van der Waals surface area contributed by atoms with Crippen LogP contribution in [0.5, 0.6) is 5.75 Å². The van der Waals surface area contributed by atoms with Crippen molar-refractivity contribution >= 4 is 25.3 Å². The van der Waals surface area contributed by atoms with Gasteiger partial charge in [-0.25, -0.2) is 15.0 Å². The highest BCUT2D eigenvalue weighted by Gasteiger charge is 2.37. The average Bonchev–Trinajstić information content (AvgIpc) is 3.61. The molecule has 0 bridgehead atoms. The van der Waals surface area contributed by atoms with Gasteiger partial charge in [-0.3, -0.25) is 9.48 Å². The number of primary amides is 1. The Labute approximate surface area is 258 Å². The SMILES string of the molecule is COc1cc2ncnc(-c3cn(CCO[Si](C)(C)C(C)(C)C)nc3-c3ccccc3)c2nc1-c1nn(C(F)(F)F)cc1C(N)=O. The van der Waals surface area contributed by atoms with Gasteiger partial charge in [0.2, 0.25) is 0 Å². The van der Waals surface area contributed by atoms with E-state index in [1.165, 1.54) is 19.5 Å². The normalized spacial score (nSPS) is 12.6. The number of rotatable bonds is 9. The number of nitrogens with zero attached hydrogens (tertiary/aromatic N) is 7. The number of alkyl halides is 3. The zero-order chi connectivity index (χ0) is 32.7. The summed E-state index contributed by atoms with van der Waals surface area (Å²) in [6.45, 7) is 11.8. The lowest BCUT2D eigenvalue weighted by Gasteiger charge is -2.36. The van der Waals surface area contributed by atoms with E-state index in [2.05, 4.69) is 53.9 Å². The fraction of sp³-hybridized carbons (Fsp3) is 0.333. The van der Waals surface area contributed by atoms with Crippen LogP contribution < -0.4 is 10.5 Å². The molecule has 0 fully saturated rings. The zero-order valence-corrected chi connectivity index (χ0v) is 26.7. The highest BCUT2D eigenvalue weighted by atomic mass is 28.4. The van der Waals surface area contributed by atoms with Crippen molar-refractivity contribution in [2.45, 2.75) is 51.7 Å². The molecule has 1 aromatic carbocycles. The molecule has 0 aliphatic heterocycles. The van der Waals surface area contributed by atoms with E-state index in [0.717, 1.165) is 5.56 Å². The Morgan fingerprint density at radius 1 is 0.978 bits per heavy atom. The molecule has 0 aliphatic carbocycles. The van der Waals surface area contributed by atoms with E-state index < -0.39 is 31.8 Å². The number of amides is 1. The number of hydrogen-bond donors (Lipinski definition) is 1. The topological polar surface area (TPSA) is 136 Å². The Hall–Kier alpha value is -4.63. The van der Waals surface area contributed by atoms with Gasteiger partial charge in [0.15, 0.2) is 8.32 Å². The number of nitrogens with two attached hydrogens (primary N) is 1. The maximum absolute atomic E-state index is 13.6. The van der Waals surface area contributed by atoms with E-state index >= 15 is 0 Å². The van der Waals surface area contributed by atoms with Crippen LogP contribution in [0.15, 0.2) is 55.1 Å². The molecule has 45 heavy (non-hydrogen) atoms. The van der Waals surface area contributed by atoms with E-state index in [4.69, 9.17) is 20.0 Å². The van der Waals surface area contributed by atoms with Gasteiger partial charge in [-0.05, 0) is 18.1 Å². The average molecular weight is 639 g/mol. The summed E-state index contributed by atoms with van der Waals surface area (Å²) < 4.78 is 54.0. The third-order valence-electron chi connectivity index (χ3n) is 7.91.